The van der Waals surface area contributed by atoms with Gasteiger partial charge in [0, 0.05) is 25.0 Å². The molecule has 3 heterocycles. The van der Waals surface area contributed by atoms with Crippen molar-refractivity contribution in [3.05, 3.63) is 42.2 Å². The number of fused-ring (bicyclic) bond motifs is 2. The third-order valence-electron chi connectivity index (χ3n) is 4.68. The lowest BCUT2D eigenvalue weighted by molar-refractivity contribution is 0.0786. The fourth-order valence-electron chi connectivity index (χ4n) is 3.51. The summed E-state index contributed by atoms with van der Waals surface area (Å²) in [4.78, 5) is 14.8. The smallest absolute Gasteiger partial charge is 0.257 e. The van der Waals surface area contributed by atoms with E-state index in [-0.39, 0.29) is 5.91 Å². The Kier molecular flexibility index (Phi) is 2.74. The highest BCUT2D eigenvalue weighted by Gasteiger charge is 2.36. The summed E-state index contributed by atoms with van der Waals surface area (Å²) in [5.41, 5.74) is 7.91. The largest absolute Gasteiger partial charge is 0.399 e. The molecule has 21 heavy (non-hydrogen) atoms. The van der Waals surface area contributed by atoms with Crippen molar-refractivity contribution in [2.75, 3.05) is 18.8 Å². The van der Waals surface area contributed by atoms with E-state index in [0.717, 1.165) is 31.4 Å². The van der Waals surface area contributed by atoms with E-state index in [4.69, 9.17) is 5.73 Å². The Balaban J connectivity index is 1.63. The maximum Gasteiger partial charge on any atom is 0.257 e. The Morgan fingerprint density at radius 1 is 1.24 bits per heavy atom. The van der Waals surface area contributed by atoms with Gasteiger partial charge in [-0.25, -0.2) is 4.52 Å². The molecule has 2 atom stereocenters. The first kappa shape index (κ1) is 12.4. The average Bonchev–Trinajstić information content (AvgIpc) is 3.09. The van der Waals surface area contributed by atoms with Crippen LogP contribution in [0.25, 0.3) is 5.52 Å². The zero-order valence-corrected chi connectivity index (χ0v) is 11.8. The number of anilines is 1. The number of carbonyl (C=O) groups excluding carboxylic acids is 1. The van der Waals surface area contributed by atoms with Gasteiger partial charge in [-0.2, -0.15) is 5.10 Å². The van der Waals surface area contributed by atoms with Gasteiger partial charge >= 0.3 is 0 Å². The monoisotopic (exact) mass is 282 g/mol. The van der Waals surface area contributed by atoms with Crippen LogP contribution in [-0.4, -0.2) is 33.5 Å². The van der Waals surface area contributed by atoms with Gasteiger partial charge in [0.15, 0.2) is 0 Å². The Morgan fingerprint density at radius 2 is 1.95 bits per heavy atom. The van der Waals surface area contributed by atoms with Gasteiger partial charge in [0.05, 0.1) is 17.3 Å². The number of nitrogen functional groups attached to an aromatic ring is 1. The fourth-order valence-corrected chi connectivity index (χ4v) is 3.51. The van der Waals surface area contributed by atoms with Crippen molar-refractivity contribution in [1.82, 2.24) is 14.5 Å². The van der Waals surface area contributed by atoms with Crippen LogP contribution in [0.1, 0.15) is 23.2 Å². The van der Waals surface area contributed by atoms with Gasteiger partial charge in [0.25, 0.3) is 5.91 Å². The van der Waals surface area contributed by atoms with Crippen molar-refractivity contribution >= 4 is 17.1 Å². The van der Waals surface area contributed by atoms with Gasteiger partial charge in [-0.05, 0) is 36.8 Å². The van der Waals surface area contributed by atoms with Crippen LogP contribution in [0.3, 0.4) is 0 Å². The highest BCUT2D eigenvalue weighted by molar-refractivity contribution is 6.01. The summed E-state index contributed by atoms with van der Waals surface area (Å²) >= 11 is 0. The maximum atomic E-state index is 12.8. The highest BCUT2D eigenvalue weighted by Crippen LogP contribution is 2.33. The van der Waals surface area contributed by atoms with E-state index in [1.54, 1.807) is 23.0 Å². The van der Waals surface area contributed by atoms with Crippen LogP contribution in [-0.2, 0) is 0 Å². The minimum Gasteiger partial charge on any atom is -0.399 e. The molecule has 1 saturated heterocycles. The van der Waals surface area contributed by atoms with E-state index in [9.17, 15) is 4.79 Å². The number of carbonyl (C=O) groups is 1. The van der Waals surface area contributed by atoms with Crippen molar-refractivity contribution in [2.45, 2.75) is 12.8 Å². The first-order chi connectivity index (χ1) is 10.2. The van der Waals surface area contributed by atoms with Crippen LogP contribution >= 0.6 is 0 Å². The van der Waals surface area contributed by atoms with Crippen molar-refractivity contribution in [3.8, 4) is 0 Å². The number of amides is 1. The van der Waals surface area contributed by atoms with Gasteiger partial charge in [0.1, 0.15) is 0 Å². The SMILES string of the molecule is Nc1ccn2ncc(C(=O)N3C[C@H]4CC=CC[C@H]4C3)c2c1. The van der Waals surface area contributed by atoms with Crippen molar-refractivity contribution in [1.29, 1.82) is 0 Å². The second-order valence-electron chi connectivity index (χ2n) is 6.02. The summed E-state index contributed by atoms with van der Waals surface area (Å²) < 4.78 is 1.70. The Hall–Kier alpha value is -2.30. The van der Waals surface area contributed by atoms with Crippen molar-refractivity contribution < 1.29 is 4.79 Å². The highest BCUT2D eigenvalue weighted by atomic mass is 16.2. The number of hydrogen-bond donors (Lipinski definition) is 1. The summed E-state index contributed by atoms with van der Waals surface area (Å²) in [6.45, 7) is 1.71. The number of nitrogens with zero attached hydrogens (tertiary/aromatic N) is 3. The van der Waals surface area contributed by atoms with Crippen LogP contribution < -0.4 is 5.73 Å². The van der Waals surface area contributed by atoms with Gasteiger partial charge in [0.2, 0.25) is 0 Å². The lowest BCUT2D eigenvalue weighted by atomic mass is 9.86. The standard InChI is InChI=1S/C16H18N4O/c17-13-5-6-20-15(7-13)14(8-18-20)16(21)19-9-11-3-1-2-4-12(11)10-19/h1-2,5-8,11-12H,3-4,9-10,17H2/t11-,12+. The molecule has 5 nitrogen and oxygen atoms in total. The molecule has 0 unspecified atom stereocenters. The number of likely N-dealkylation sites (tertiary alicyclic amines) is 1. The molecule has 2 aromatic rings. The zero-order valence-electron chi connectivity index (χ0n) is 11.8. The zero-order chi connectivity index (χ0) is 14.4. The number of allylic oxidation sites excluding steroid dienone is 2. The Labute approximate surface area is 123 Å². The molecule has 0 spiro atoms. The van der Waals surface area contributed by atoms with Crippen LogP contribution in [0.15, 0.2) is 36.7 Å². The minimum absolute atomic E-state index is 0.0741. The van der Waals surface area contributed by atoms with E-state index in [1.165, 1.54) is 0 Å². The summed E-state index contributed by atoms with van der Waals surface area (Å²) in [5.74, 6) is 1.31. The number of hydrogen-bond acceptors (Lipinski definition) is 3. The summed E-state index contributed by atoms with van der Waals surface area (Å²) in [5, 5.41) is 4.24. The minimum atomic E-state index is 0.0741. The summed E-state index contributed by atoms with van der Waals surface area (Å²) in [6.07, 6.45) is 10.1. The molecule has 2 aromatic heterocycles. The molecule has 0 aromatic carbocycles. The van der Waals surface area contributed by atoms with Crippen molar-refractivity contribution in [3.63, 3.8) is 0 Å². The predicted molar refractivity (Wildman–Crippen MR) is 80.9 cm³/mol. The predicted octanol–water partition coefficient (Wildman–Crippen LogP) is 1.95. The second-order valence-corrected chi connectivity index (χ2v) is 6.02. The maximum absolute atomic E-state index is 12.8. The van der Waals surface area contributed by atoms with Gasteiger partial charge < -0.3 is 10.6 Å². The molecule has 1 aliphatic heterocycles. The molecule has 0 saturated carbocycles. The molecule has 0 radical (unpaired) electrons. The Morgan fingerprint density at radius 3 is 2.67 bits per heavy atom. The van der Waals surface area contributed by atoms with E-state index >= 15 is 0 Å². The van der Waals surface area contributed by atoms with Gasteiger partial charge in [-0.15, -0.1) is 0 Å². The van der Waals surface area contributed by atoms with Crippen LogP contribution in [0, 0.1) is 11.8 Å². The average molecular weight is 282 g/mol. The number of aromatic nitrogens is 2. The van der Waals surface area contributed by atoms with Crippen LogP contribution in [0.5, 0.6) is 0 Å². The molecular formula is C16H18N4O. The third kappa shape index (κ3) is 2.00. The fraction of sp³-hybridized carbons (Fsp3) is 0.375. The molecule has 1 aliphatic carbocycles. The number of pyridine rings is 1. The van der Waals surface area contributed by atoms with Crippen LogP contribution in [0.2, 0.25) is 0 Å². The second kappa shape index (κ2) is 4.62. The third-order valence-corrected chi connectivity index (χ3v) is 4.68. The molecular weight excluding hydrogens is 264 g/mol. The van der Waals surface area contributed by atoms with E-state index in [1.807, 2.05) is 11.0 Å². The van der Waals surface area contributed by atoms with E-state index in [2.05, 4.69) is 17.3 Å². The van der Waals surface area contributed by atoms with E-state index in [0.29, 0.717) is 23.1 Å². The molecule has 2 aliphatic rings. The van der Waals surface area contributed by atoms with Gasteiger partial charge in [-0.1, -0.05) is 12.2 Å². The van der Waals surface area contributed by atoms with Crippen LogP contribution in [0.4, 0.5) is 5.69 Å². The summed E-state index contributed by atoms with van der Waals surface area (Å²) in [7, 11) is 0. The van der Waals surface area contributed by atoms with E-state index < -0.39 is 0 Å². The molecule has 1 fully saturated rings. The normalized spacial score (nSPS) is 24.5. The Bertz CT molecular complexity index is 717. The molecule has 0 bridgehead atoms. The first-order valence-corrected chi connectivity index (χ1v) is 7.39. The first-order valence-electron chi connectivity index (χ1n) is 7.39. The lowest BCUT2D eigenvalue weighted by Crippen LogP contribution is -2.28. The topological polar surface area (TPSA) is 63.6 Å². The molecule has 108 valence electrons. The summed E-state index contributed by atoms with van der Waals surface area (Å²) in [6, 6.07) is 3.59. The molecule has 1 amide bonds. The molecule has 4 rings (SSSR count). The quantitative estimate of drug-likeness (QED) is 0.813. The number of rotatable bonds is 1. The molecule has 2 N–H and O–H groups in total. The lowest BCUT2D eigenvalue weighted by Gasteiger charge is -2.17. The van der Waals surface area contributed by atoms with Gasteiger partial charge in [-0.3, -0.25) is 4.79 Å². The number of nitrogens with two attached hydrogens (primary N) is 1. The van der Waals surface area contributed by atoms with Crippen molar-refractivity contribution in [2.24, 2.45) is 11.8 Å². The molecule has 5 heteroatoms.